The van der Waals surface area contributed by atoms with Crippen molar-refractivity contribution >= 4 is 46.9 Å². The summed E-state index contributed by atoms with van der Waals surface area (Å²) in [7, 11) is 1.80. The average molecular weight is 469 g/mol. The van der Waals surface area contributed by atoms with Crippen molar-refractivity contribution in [1.29, 1.82) is 0 Å². The van der Waals surface area contributed by atoms with E-state index in [0.717, 1.165) is 43.2 Å². The number of imidazole rings is 1. The fraction of sp³-hybridized carbons (Fsp3) is 0.333. The predicted molar refractivity (Wildman–Crippen MR) is 116 cm³/mol. The first kappa shape index (κ1) is 19.7. The van der Waals surface area contributed by atoms with Gasteiger partial charge in [-0.3, -0.25) is 4.99 Å². The van der Waals surface area contributed by atoms with E-state index in [1.807, 2.05) is 40.1 Å². The molecule has 0 saturated heterocycles. The van der Waals surface area contributed by atoms with Crippen LogP contribution in [0.25, 0.3) is 5.65 Å². The minimum Gasteiger partial charge on any atom is -0.356 e. The van der Waals surface area contributed by atoms with Crippen molar-refractivity contribution in [2.45, 2.75) is 26.3 Å². The zero-order valence-corrected chi connectivity index (χ0v) is 17.7. The van der Waals surface area contributed by atoms with Gasteiger partial charge in [-0.1, -0.05) is 13.0 Å². The van der Waals surface area contributed by atoms with Crippen molar-refractivity contribution in [2.24, 2.45) is 4.99 Å². The topological polar surface area (TPSA) is 53.7 Å². The van der Waals surface area contributed by atoms with Crippen molar-refractivity contribution in [3.05, 3.63) is 58.2 Å². The van der Waals surface area contributed by atoms with E-state index in [1.54, 1.807) is 7.05 Å². The number of rotatable bonds is 6. The lowest BCUT2D eigenvalue weighted by molar-refractivity contribution is 0.791. The summed E-state index contributed by atoms with van der Waals surface area (Å²) >= 11 is 1.85. The second-order valence-electron chi connectivity index (χ2n) is 5.52. The molecule has 5 nitrogen and oxygen atoms in total. The molecule has 3 aromatic rings. The van der Waals surface area contributed by atoms with Gasteiger partial charge in [0.05, 0.1) is 12.2 Å². The zero-order chi connectivity index (χ0) is 16.8. The Morgan fingerprint density at radius 1 is 1.20 bits per heavy atom. The van der Waals surface area contributed by atoms with Gasteiger partial charge >= 0.3 is 0 Å². The van der Waals surface area contributed by atoms with Gasteiger partial charge in [0.1, 0.15) is 5.65 Å². The Morgan fingerprint density at radius 2 is 2.04 bits per heavy atom. The van der Waals surface area contributed by atoms with E-state index in [4.69, 9.17) is 0 Å². The molecule has 0 aliphatic heterocycles. The number of aliphatic imine (C=N–C) groups is 1. The maximum Gasteiger partial charge on any atom is 0.191 e. The van der Waals surface area contributed by atoms with Gasteiger partial charge in [-0.15, -0.1) is 35.3 Å². The Bertz CT molecular complexity index is 791. The number of nitrogens with zero attached hydrogens (tertiary/aromatic N) is 3. The van der Waals surface area contributed by atoms with E-state index in [1.165, 1.54) is 9.75 Å². The first-order valence-electron chi connectivity index (χ1n) is 8.23. The molecule has 25 heavy (non-hydrogen) atoms. The van der Waals surface area contributed by atoms with Crippen LogP contribution in [-0.4, -0.2) is 28.9 Å². The SMILES string of the molecule is CCc1ccc(CNC(=NC)NCCc2cn3ccccc3n2)s1.I. The standard InChI is InChI=1S/C18H23N5S.HI/c1-3-15-7-8-16(24-15)12-21-18(19-2)20-10-9-14-13-23-11-5-4-6-17(23)22-14;/h4-8,11,13H,3,9-10,12H2,1-2H3,(H2,19,20,21);1H. The van der Waals surface area contributed by atoms with E-state index in [9.17, 15) is 0 Å². The Kier molecular flexibility index (Phi) is 7.70. The molecule has 0 aromatic carbocycles. The highest BCUT2D eigenvalue weighted by molar-refractivity contribution is 14.0. The molecule has 0 amide bonds. The maximum absolute atomic E-state index is 4.61. The minimum atomic E-state index is 0. The van der Waals surface area contributed by atoms with Gasteiger partial charge in [-0.2, -0.15) is 0 Å². The van der Waals surface area contributed by atoms with Gasteiger partial charge in [0.2, 0.25) is 0 Å². The summed E-state index contributed by atoms with van der Waals surface area (Å²) in [6.45, 7) is 3.79. The summed E-state index contributed by atoms with van der Waals surface area (Å²) in [6, 6.07) is 10.4. The van der Waals surface area contributed by atoms with Crippen molar-refractivity contribution in [3.8, 4) is 0 Å². The molecule has 2 N–H and O–H groups in total. The molecule has 0 unspecified atom stereocenters. The third-order valence-corrected chi connectivity index (χ3v) is 5.04. The van der Waals surface area contributed by atoms with Gasteiger partial charge in [0.15, 0.2) is 5.96 Å². The van der Waals surface area contributed by atoms with Crippen molar-refractivity contribution in [3.63, 3.8) is 0 Å². The number of halogens is 1. The predicted octanol–water partition coefficient (Wildman–Crippen LogP) is 3.48. The van der Waals surface area contributed by atoms with E-state index >= 15 is 0 Å². The summed E-state index contributed by atoms with van der Waals surface area (Å²) in [5.74, 6) is 0.824. The summed E-state index contributed by atoms with van der Waals surface area (Å²) in [6.07, 6.45) is 6.05. The second-order valence-corrected chi connectivity index (χ2v) is 6.78. The molecule has 0 radical (unpaired) electrons. The van der Waals surface area contributed by atoms with E-state index < -0.39 is 0 Å². The molecular formula is C18H24IN5S. The molecule has 0 bridgehead atoms. The van der Waals surface area contributed by atoms with Crippen LogP contribution in [0.4, 0.5) is 0 Å². The Balaban J connectivity index is 0.00000225. The fourth-order valence-corrected chi connectivity index (χ4v) is 3.41. The van der Waals surface area contributed by atoms with E-state index in [2.05, 4.69) is 45.9 Å². The summed E-state index contributed by atoms with van der Waals surface area (Å²) in [4.78, 5) is 11.6. The zero-order valence-electron chi connectivity index (χ0n) is 14.5. The molecule has 3 aromatic heterocycles. The molecule has 0 spiro atoms. The van der Waals surface area contributed by atoms with Gasteiger partial charge in [-0.25, -0.2) is 4.98 Å². The largest absolute Gasteiger partial charge is 0.356 e. The number of guanidine groups is 1. The van der Waals surface area contributed by atoms with Crippen LogP contribution in [-0.2, 0) is 19.4 Å². The summed E-state index contributed by atoms with van der Waals surface area (Å²) in [5.41, 5.74) is 2.06. The lowest BCUT2D eigenvalue weighted by atomic mass is 10.3. The highest BCUT2D eigenvalue weighted by Gasteiger charge is 2.03. The fourth-order valence-electron chi connectivity index (χ4n) is 2.52. The van der Waals surface area contributed by atoms with Gasteiger partial charge in [-0.05, 0) is 30.7 Å². The van der Waals surface area contributed by atoms with Crippen molar-refractivity contribution < 1.29 is 0 Å². The lowest BCUT2D eigenvalue weighted by Crippen LogP contribution is -2.37. The van der Waals surface area contributed by atoms with Crippen LogP contribution in [0.5, 0.6) is 0 Å². The Hall–Kier alpha value is -1.61. The monoisotopic (exact) mass is 469 g/mol. The molecule has 3 heterocycles. The van der Waals surface area contributed by atoms with Crippen LogP contribution in [0, 0.1) is 0 Å². The molecule has 3 rings (SSSR count). The number of hydrogen-bond acceptors (Lipinski definition) is 3. The third kappa shape index (κ3) is 5.43. The highest BCUT2D eigenvalue weighted by Crippen LogP contribution is 2.16. The molecule has 0 atom stereocenters. The van der Waals surface area contributed by atoms with Gasteiger partial charge < -0.3 is 15.0 Å². The number of aromatic nitrogens is 2. The van der Waals surface area contributed by atoms with Crippen LogP contribution in [0.3, 0.4) is 0 Å². The molecule has 0 aliphatic rings. The van der Waals surface area contributed by atoms with Crippen LogP contribution in [0.2, 0.25) is 0 Å². The quantitative estimate of drug-likeness (QED) is 0.330. The van der Waals surface area contributed by atoms with E-state index in [-0.39, 0.29) is 24.0 Å². The first-order chi connectivity index (χ1) is 11.8. The molecule has 0 saturated carbocycles. The smallest absolute Gasteiger partial charge is 0.191 e. The number of nitrogens with one attached hydrogen (secondary N) is 2. The van der Waals surface area contributed by atoms with Crippen LogP contribution in [0.15, 0.2) is 47.7 Å². The number of pyridine rings is 1. The molecule has 0 fully saturated rings. The van der Waals surface area contributed by atoms with Crippen molar-refractivity contribution in [1.82, 2.24) is 20.0 Å². The van der Waals surface area contributed by atoms with Crippen LogP contribution < -0.4 is 10.6 Å². The summed E-state index contributed by atoms with van der Waals surface area (Å²) < 4.78 is 2.05. The summed E-state index contributed by atoms with van der Waals surface area (Å²) in [5, 5.41) is 6.71. The molecular weight excluding hydrogens is 445 g/mol. The van der Waals surface area contributed by atoms with Crippen molar-refractivity contribution in [2.75, 3.05) is 13.6 Å². The molecule has 0 aliphatic carbocycles. The number of thiophene rings is 1. The van der Waals surface area contributed by atoms with Gasteiger partial charge in [0.25, 0.3) is 0 Å². The van der Waals surface area contributed by atoms with Crippen LogP contribution >= 0.6 is 35.3 Å². The lowest BCUT2D eigenvalue weighted by Gasteiger charge is -2.10. The first-order valence-corrected chi connectivity index (χ1v) is 9.05. The average Bonchev–Trinajstić information content (AvgIpc) is 3.23. The normalized spacial score (nSPS) is 11.4. The maximum atomic E-state index is 4.61. The Labute approximate surface area is 169 Å². The third-order valence-electron chi connectivity index (χ3n) is 3.81. The second kappa shape index (κ2) is 9.76. The number of fused-ring (bicyclic) bond motifs is 1. The number of aryl methyl sites for hydroxylation is 1. The molecule has 7 heteroatoms. The minimum absolute atomic E-state index is 0. The van der Waals surface area contributed by atoms with Crippen LogP contribution in [0.1, 0.15) is 22.4 Å². The Morgan fingerprint density at radius 3 is 2.76 bits per heavy atom. The number of hydrogen-bond donors (Lipinski definition) is 2. The van der Waals surface area contributed by atoms with Gasteiger partial charge in [0, 0.05) is 42.2 Å². The highest BCUT2D eigenvalue weighted by atomic mass is 127. The van der Waals surface area contributed by atoms with E-state index in [0.29, 0.717) is 0 Å². The molecule has 134 valence electrons.